The first kappa shape index (κ1) is 9.49. The van der Waals surface area contributed by atoms with E-state index in [0.29, 0.717) is 6.54 Å². The molecule has 4 nitrogen and oxygen atoms in total. The molecule has 0 spiro atoms. The smallest absolute Gasteiger partial charge is 0.376 e. The maximum absolute atomic E-state index is 11.4. The summed E-state index contributed by atoms with van der Waals surface area (Å²) in [6.45, 7) is 2.55. The SMILES string of the molecule is CCN1C(=O)OC(=O)C2CCCCC21. The van der Waals surface area contributed by atoms with Gasteiger partial charge in [-0.05, 0) is 19.8 Å². The lowest BCUT2D eigenvalue weighted by molar-refractivity contribution is -0.152. The second-order valence-electron chi connectivity index (χ2n) is 3.93. The van der Waals surface area contributed by atoms with E-state index in [2.05, 4.69) is 0 Å². The van der Waals surface area contributed by atoms with Crippen LogP contribution >= 0.6 is 0 Å². The van der Waals surface area contributed by atoms with E-state index in [1.165, 1.54) is 0 Å². The van der Waals surface area contributed by atoms with Gasteiger partial charge in [-0.1, -0.05) is 12.8 Å². The van der Waals surface area contributed by atoms with Crippen LogP contribution in [0.2, 0.25) is 0 Å². The number of nitrogens with zero attached hydrogens (tertiary/aromatic N) is 1. The van der Waals surface area contributed by atoms with Gasteiger partial charge in [-0.2, -0.15) is 0 Å². The number of cyclic esters (lactones) is 2. The minimum Gasteiger partial charge on any atom is -0.376 e. The minimum atomic E-state index is -0.458. The van der Waals surface area contributed by atoms with E-state index in [4.69, 9.17) is 4.74 Å². The van der Waals surface area contributed by atoms with Crippen LogP contribution in [-0.4, -0.2) is 29.5 Å². The summed E-state index contributed by atoms with van der Waals surface area (Å²) in [5.41, 5.74) is 0. The Morgan fingerprint density at radius 3 is 2.79 bits per heavy atom. The lowest BCUT2D eigenvalue weighted by atomic mass is 9.83. The van der Waals surface area contributed by atoms with Crippen LogP contribution in [0, 0.1) is 5.92 Å². The van der Waals surface area contributed by atoms with Crippen LogP contribution in [0.3, 0.4) is 0 Å². The quantitative estimate of drug-likeness (QED) is 0.473. The molecule has 2 fully saturated rings. The van der Waals surface area contributed by atoms with Crippen LogP contribution in [0.1, 0.15) is 32.6 Å². The molecule has 2 unspecified atom stereocenters. The van der Waals surface area contributed by atoms with Gasteiger partial charge in [0.1, 0.15) is 0 Å². The highest BCUT2D eigenvalue weighted by Crippen LogP contribution is 2.32. The Hall–Kier alpha value is -1.06. The fourth-order valence-corrected chi connectivity index (χ4v) is 2.48. The van der Waals surface area contributed by atoms with Gasteiger partial charge in [0.15, 0.2) is 0 Å². The first-order valence-corrected chi connectivity index (χ1v) is 5.26. The number of esters is 1. The Bertz CT molecular complexity index is 248. The molecule has 0 bridgehead atoms. The number of amides is 1. The fourth-order valence-electron chi connectivity index (χ4n) is 2.48. The molecule has 0 aromatic carbocycles. The number of carbonyl (C=O) groups excluding carboxylic acids is 2. The van der Waals surface area contributed by atoms with Crippen molar-refractivity contribution in [1.29, 1.82) is 0 Å². The summed E-state index contributed by atoms with van der Waals surface area (Å²) in [4.78, 5) is 24.5. The summed E-state index contributed by atoms with van der Waals surface area (Å²) in [6, 6.07) is 0.0995. The molecular weight excluding hydrogens is 182 g/mol. The van der Waals surface area contributed by atoms with Crippen molar-refractivity contribution in [2.45, 2.75) is 38.6 Å². The molecule has 1 saturated heterocycles. The van der Waals surface area contributed by atoms with E-state index in [-0.39, 0.29) is 17.9 Å². The zero-order valence-electron chi connectivity index (χ0n) is 8.36. The number of fused-ring (bicyclic) bond motifs is 1. The zero-order valence-corrected chi connectivity index (χ0v) is 8.36. The lowest BCUT2D eigenvalue weighted by Crippen LogP contribution is -2.54. The van der Waals surface area contributed by atoms with Crippen LogP contribution < -0.4 is 0 Å². The van der Waals surface area contributed by atoms with Gasteiger partial charge in [-0.25, -0.2) is 4.79 Å². The molecule has 1 aliphatic carbocycles. The fraction of sp³-hybridized carbons (Fsp3) is 0.800. The number of hydrogen-bond donors (Lipinski definition) is 0. The van der Waals surface area contributed by atoms with Gasteiger partial charge in [-0.3, -0.25) is 4.79 Å². The van der Waals surface area contributed by atoms with Gasteiger partial charge in [0.05, 0.1) is 5.92 Å². The molecule has 4 heteroatoms. The lowest BCUT2D eigenvalue weighted by Gasteiger charge is -2.40. The molecular formula is C10H15NO3. The molecule has 1 heterocycles. The van der Waals surface area contributed by atoms with Crippen LogP contribution in [0.25, 0.3) is 0 Å². The third-order valence-electron chi connectivity index (χ3n) is 3.20. The van der Waals surface area contributed by atoms with Crippen LogP contribution in [-0.2, 0) is 9.53 Å². The van der Waals surface area contributed by atoms with Gasteiger partial charge in [-0.15, -0.1) is 0 Å². The topological polar surface area (TPSA) is 46.6 Å². The number of rotatable bonds is 1. The van der Waals surface area contributed by atoms with Crippen LogP contribution in [0.15, 0.2) is 0 Å². The largest absolute Gasteiger partial charge is 0.417 e. The van der Waals surface area contributed by atoms with Crippen molar-refractivity contribution < 1.29 is 14.3 Å². The predicted molar refractivity (Wildman–Crippen MR) is 49.6 cm³/mol. The Balaban J connectivity index is 2.19. The van der Waals surface area contributed by atoms with Crippen molar-refractivity contribution in [3.05, 3.63) is 0 Å². The van der Waals surface area contributed by atoms with Gasteiger partial charge in [0, 0.05) is 12.6 Å². The average molecular weight is 197 g/mol. The Morgan fingerprint density at radius 2 is 2.07 bits per heavy atom. The Labute approximate surface area is 83.2 Å². The van der Waals surface area contributed by atoms with E-state index in [1.54, 1.807) is 4.90 Å². The monoisotopic (exact) mass is 197 g/mol. The van der Waals surface area contributed by atoms with E-state index in [9.17, 15) is 9.59 Å². The number of carbonyl (C=O) groups is 2. The highest BCUT2D eigenvalue weighted by molar-refractivity contribution is 5.89. The van der Waals surface area contributed by atoms with Gasteiger partial charge in [0.2, 0.25) is 0 Å². The second kappa shape index (κ2) is 3.59. The first-order chi connectivity index (χ1) is 6.74. The minimum absolute atomic E-state index is 0.0681. The summed E-state index contributed by atoms with van der Waals surface area (Å²) in [5, 5.41) is 0. The molecule has 78 valence electrons. The molecule has 1 amide bonds. The van der Waals surface area contributed by atoms with E-state index < -0.39 is 6.09 Å². The molecule has 0 radical (unpaired) electrons. The average Bonchev–Trinajstić information content (AvgIpc) is 2.18. The Morgan fingerprint density at radius 1 is 1.36 bits per heavy atom. The van der Waals surface area contributed by atoms with Crippen molar-refractivity contribution in [2.75, 3.05) is 6.54 Å². The first-order valence-electron chi connectivity index (χ1n) is 5.26. The zero-order chi connectivity index (χ0) is 10.1. The summed E-state index contributed by atoms with van der Waals surface area (Å²) in [5.74, 6) is -0.384. The third kappa shape index (κ3) is 1.38. The molecule has 1 aliphatic heterocycles. The summed E-state index contributed by atoms with van der Waals surface area (Å²) in [6.07, 6.45) is 3.54. The molecule has 2 aliphatic rings. The highest BCUT2D eigenvalue weighted by atomic mass is 16.6. The van der Waals surface area contributed by atoms with Crippen LogP contribution in [0.5, 0.6) is 0 Å². The normalized spacial score (nSPS) is 32.5. The molecule has 0 aromatic rings. The van der Waals surface area contributed by atoms with Gasteiger partial charge >= 0.3 is 12.1 Å². The third-order valence-corrected chi connectivity index (χ3v) is 3.20. The maximum Gasteiger partial charge on any atom is 0.417 e. The van der Waals surface area contributed by atoms with Crippen molar-refractivity contribution in [3.63, 3.8) is 0 Å². The highest BCUT2D eigenvalue weighted by Gasteiger charge is 2.43. The van der Waals surface area contributed by atoms with Gasteiger partial charge in [0.25, 0.3) is 0 Å². The maximum atomic E-state index is 11.4. The van der Waals surface area contributed by atoms with E-state index in [1.807, 2.05) is 6.92 Å². The molecule has 1 saturated carbocycles. The molecule has 0 aromatic heterocycles. The molecule has 2 rings (SSSR count). The second-order valence-corrected chi connectivity index (χ2v) is 3.93. The van der Waals surface area contributed by atoms with Crippen molar-refractivity contribution in [3.8, 4) is 0 Å². The molecule has 14 heavy (non-hydrogen) atoms. The van der Waals surface area contributed by atoms with Crippen molar-refractivity contribution in [2.24, 2.45) is 5.92 Å². The standard InChI is InChI=1S/C10H15NO3/c1-2-11-8-6-4-3-5-7(8)9(12)14-10(11)13/h7-8H,2-6H2,1H3. The number of hydrogen-bond acceptors (Lipinski definition) is 3. The summed E-state index contributed by atoms with van der Waals surface area (Å²) in [7, 11) is 0. The van der Waals surface area contributed by atoms with Crippen molar-refractivity contribution in [1.82, 2.24) is 4.90 Å². The van der Waals surface area contributed by atoms with Crippen molar-refractivity contribution >= 4 is 12.1 Å². The predicted octanol–water partition coefficient (Wildman–Crippen LogP) is 1.54. The molecule has 0 N–H and O–H groups in total. The van der Waals surface area contributed by atoms with E-state index >= 15 is 0 Å². The Kier molecular flexibility index (Phi) is 2.44. The summed E-state index contributed by atoms with van der Waals surface area (Å²) >= 11 is 0. The van der Waals surface area contributed by atoms with E-state index in [0.717, 1.165) is 25.7 Å². The van der Waals surface area contributed by atoms with Gasteiger partial charge < -0.3 is 9.64 Å². The van der Waals surface area contributed by atoms with Crippen LogP contribution in [0.4, 0.5) is 4.79 Å². The summed E-state index contributed by atoms with van der Waals surface area (Å²) < 4.78 is 4.71. The number of ether oxygens (including phenoxy) is 1. The molecule has 2 atom stereocenters.